The first kappa shape index (κ1) is 21.9. The zero-order valence-electron chi connectivity index (χ0n) is 16.8. The zero-order chi connectivity index (χ0) is 20.0. The molecule has 0 aromatic rings. The van der Waals surface area contributed by atoms with Crippen molar-refractivity contribution in [2.75, 3.05) is 13.4 Å². The maximum atomic E-state index is 9.08. The molecule has 28 heavy (non-hydrogen) atoms. The number of aliphatic hydroxyl groups excluding tert-OH is 1. The molecule has 0 aliphatic heterocycles. The van der Waals surface area contributed by atoms with Gasteiger partial charge in [0.2, 0.25) is 0 Å². The number of ether oxygens (including phenoxy) is 1. The van der Waals surface area contributed by atoms with Gasteiger partial charge >= 0.3 is 0 Å². The van der Waals surface area contributed by atoms with Crippen LogP contribution in [0.25, 0.3) is 0 Å². The van der Waals surface area contributed by atoms with Crippen LogP contribution in [0.5, 0.6) is 0 Å². The topological polar surface area (TPSA) is 32.7 Å². The first-order chi connectivity index (χ1) is 13.7. The Morgan fingerprint density at radius 3 is 2.57 bits per heavy atom. The second-order valence-electron chi connectivity index (χ2n) is 6.93. The van der Waals surface area contributed by atoms with Gasteiger partial charge in [-0.05, 0) is 56.4 Å². The number of hydrogen-bond donors (Lipinski definition) is 1. The summed E-state index contributed by atoms with van der Waals surface area (Å²) in [7, 11) is 0. The van der Waals surface area contributed by atoms with Crippen LogP contribution in [-0.2, 0) is 4.74 Å². The normalized spacial score (nSPS) is 17.6. The van der Waals surface area contributed by atoms with Crippen molar-refractivity contribution in [1.29, 1.82) is 0 Å². The maximum Gasteiger partial charge on any atom is 0.143 e. The van der Waals surface area contributed by atoms with E-state index in [-0.39, 0.29) is 12.8 Å². The van der Waals surface area contributed by atoms with E-state index in [2.05, 4.69) is 55.7 Å². The SMILES string of the molecule is C=CN(C(=C)/C=C\C=C\C1=CCCC=C1)C(CCC1=CCCC=C1)COCO. The molecule has 2 rings (SSSR count). The van der Waals surface area contributed by atoms with Crippen LogP contribution in [0.4, 0.5) is 0 Å². The van der Waals surface area contributed by atoms with Crippen molar-refractivity contribution in [1.82, 2.24) is 4.90 Å². The molecule has 1 N–H and O–H groups in total. The van der Waals surface area contributed by atoms with Crippen molar-refractivity contribution < 1.29 is 9.84 Å². The molecule has 1 atom stereocenters. The van der Waals surface area contributed by atoms with Gasteiger partial charge < -0.3 is 14.7 Å². The van der Waals surface area contributed by atoms with E-state index in [0.717, 1.165) is 44.2 Å². The molecular formula is C25H33NO2. The summed E-state index contributed by atoms with van der Waals surface area (Å²) in [5, 5.41) is 9.08. The molecule has 150 valence electrons. The lowest BCUT2D eigenvalue weighted by molar-refractivity contribution is -0.0206. The molecule has 0 saturated heterocycles. The molecule has 3 nitrogen and oxygen atoms in total. The van der Waals surface area contributed by atoms with Crippen molar-refractivity contribution in [2.24, 2.45) is 0 Å². The maximum absolute atomic E-state index is 9.08. The van der Waals surface area contributed by atoms with E-state index in [1.807, 2.05) is 23.1 Å². The Bertz CT molecular complexity index is 691. The van der Waals surface area contributed by atoms with Gasteiger partial charge in [0.05, 0.1) is 12.6 Å². The van der Waals surface area contributed by atoms with Crippen LogP contribution in [0.1, 0.15) is 38.5 Å². The Balaban J connectivity index is 1.95. The average molecular weight is 380 g/mol. The van der Waals surface area contributed by atoms with Crippen LogP contribution in [0.3, 0.4) is 0 Å². The van der Waals surface area contributed by atoms with Gasteiger partial charge in [-0.3, -0.25) is 0 Å². The van der Waals surface area contributed by atoms with Crippen molar-refractivity contribution in [3.05, 3.63) is 97.0 Å². The van der Waals surface area contributed by atoms with Crippen LogP contribution >= 0.6 is 0 Å². The minimum absolute atomic E-state index is 0.0750. The molecule has 0 spiro atoms. The van der Waals surface area contributed by atoms with E-state index in [0.29, 0.717) is 6.61 Å². The third-order valence-corrected chi connectivity index (χ3v) is 4.87. The predicted octanol–water partition coefficient (Wildman–Crippen LogP) is 5.73. The molecule has 3 heteroatoms. The van der Waals surface area contributed by atoms with E-state index in [4.69, 9.17) is 9.84 Å². The first-order valence-corrected chi connectivity index (χ1v) is 10.1. The molecule has 0 fully saturated rings. The second-order valence-corrected chi connectivity index (χ2v) is 6.93. The van der Waals surface area contributed by atoms with Crippen LogP contribution < -0.4 is 0 Å². The summed E-state index contributed by atoms with van der Waals surface area (Å²) in [6, 6.07) is 0.0750. The number of rotatable bonds is 12. The summed E-state index contributed by atoms with van der Waals surface area (Å²) in [6.45, 7) is 8.30. The molecule has 1 unspecified atom stereocenters. The van der Waals surface area contributed by atoms with Crippen molar-refractivity contribution in [3.63, 3.8) is 0 Å². The largest absolute Gasteiger partial charge is 0.371 e. The van der Waals surface area contributed by atoms with Crippen LogP contribution in [0, 0.1) is 0 Å². The van der Waals surface area contributed by atoms with Crippen LogP contribution in [0.2, 0.25) is 0 Å². The summed E-state index contributed by atoms with van der Waals surface area (Å²) < 4.78 is 5.31. The molecule has 0 heterocycles. The summed E-state index contributed by atoms with van der Waals surface area (Å²) in [6.07, 6.45) is 29.6. The lowest BCUT2D eigenvalue weighted by Crippen LogP contribution is -2.33. The third-order valence-electron chi connectivity index (χ3n) is 4.87. The molecule has 0 amide bonds. The van der Waals surface area contributed by atoms with E-state index in [1.165, 1.54) is 11.1 Å². The van der Waals surface area contributed by atoms with Crippen molar-refractivity contribution in [2.45, 2.75) is 44.6 Å². The van der Waals surface area contributed by atoms with Gasteiger partial charge in [0, 0.05) is 5.70 Å². The van der Waals surface area contributed by atoms with Gasteiger partial charge in [-0.2, -0.15) is 0 Å². The van der Waals surface area contributed by atoms with E-state index in [1.54, 1.807) is 6.20 Å². The van der Waals surface area contributed by atoms with Gasteiger partial charge in [0.25, 0.3) is 0 Å². The fourth-order valence-electron chi connectivity index (χ4n) is 3.36. The Kier molecular flexibility index (Phi) is 10.1. The third kappa shape index (κ3) is 7.71. The van der Waals surface area contributed by atoms with Crippen LogP contribution in [0.15, 0.2) is 97.0 Å². The Morgan fingerprint density at radius 1 is 1.14 bits per heavy atom. The Morgan fingerprint density at radius 2 is 1.93 bits per heavy atom. The lowest BCUT2D eigenvalue weighted by Gasteiger charge is -2.31. The molecule has 2 aliphatic rings. The molecule has 0 radical (unpaired) electrons. The lowest BCUT2D eigenvalue weighted by atomic mass is 9.99. The van der Waals surface area contributed by atoms with E-state index < -0.39 is 0 Å². The van der Waals surface area contributed by atoms with Gasteiger partial charge in [-0.25, -0.2) is 0 Å². The molecule has 0 saturated carbocycles. The highest BCUT2D eigenvalue weighted by atomic mass is 16.6. The highest BCUT2D eigenvalue weighted by molar-refractivity contribution is 5.35. The zero-order valence-corrected chi connectivity index (χ0v) is 16.8. The molecule has 0 aromatic carbocycles. The van der Waals surface area contributed by atoms with Crippen molar-refractivity contribution in [3.8, 4) is 0 Å². The quantitative estimate of drug-likeness (QED) is 0.347. The highest BCUT2D eigenvalue weighted by Gasteiger charge is 2.17. The van der Waals surface area contributed by atoms with Crippen molar-refractivity contribution >= 4 is 0 Å². The summed E-state index contributed by atoms with van der Waals surface area (Å²) in [5.41, 5.74) is 3.46. The minimum atomic E-state index is -0.280. The van der Waals surface area contributed by atoms with Gasteiger partial charge in [0.1, 0.15) is 6.79 Å². The summed E-state index contributed by atoms with van der Waals surface area (Å²) >= 11 is 0. The Labute approximate surface area is 170 Å². The molecule has 2 aliphatic carbocycles. The van der Waals surface area contributed by atoms with E-state index in [9.17, 15) is 0 Å². The van der Waals surface area contributed by atoms with Crippen LogP contribution in [-0.4, -0.2) is 29.4 Å². The summed E-state index contributed by atoms with van der Waals surface area (Å²) in [5.74, 6) is 0. The second kappa shape index (κ2) is 12.9. The molecule has 0 aromatic heterocycles. The van der Waals surface area contributed by atoms with E-state index >= 15 is 0 Å². The molecular weight excluding hydrogens is 346 g/mol. The Hall–Kier alpha value is -2.36. The fraction of sp³-hybridized carbons (Fsp3) is 0.360. The summed E-state index contributed by atoms with van der Waals surface area (Å²) in [4.78, 5) is 2.03. The predicted molar refractivity (Wildman–Crippen MR) is 118 cm³/mol. The number of allylic oxidation sites excluding steroid dienone is 12. The van der Waals surface area contributed by atoms with Gasteiger partial charge in [0.15, 0.2) is 0 Å². The smallest absolute Gasteiger partial charge is 0.143 e. The number of aliphatic hydroxyl groups is 1. The van der Waals surface area contributed by atoms with Gasteiger partial charge in [-0.1, -0.05) is 73.4 Å². The first-order valence-electron chi connectivity index (χ1n) is 10.1. The average Bonchev–Trinajstić information content (AvgIpc) is 2.74. The fourth-order valence-corrected chi connectivity index (χ4v) is 3.36. The number of hydrogen-bond acceptors (Lipinski definition) is 3. The standard InChI is InChI=1S/C25H33NO2/c1-3-26(22(2)12-10-11-17-23-13-6-4-7-14-23)25(20-28-21-27)19-18-24-15-8-5-9-16-24/h3,6,8,10-17,25,27H,1-2,4-5,7,9,18-21H2/b12-10-,17-11+. The monoisotopic (exact) mass is 379 g/mol. The minimum Gasteiger partial charge on any atom is -0.371 e. The highest BCUT2D eigenvalue weighted by Crippen LogP contribution is 2.21. The van der Waals surface area contributed by atoms with Gasteiger partial charge in [-0.15, -0.1) is 0 Å². The number of nitrogens with zero attached hydrogens (tertiary/aromatic N) is 1. The molecule has 0 bridgehead atoms.